The van der Waals surface area contributed by atoms with Crippen molar-refractivity contribution < 1.29 is 18.0 Å². The van der Waals surface area contributed by atoms with Gasteiger partial charge in [-0.1, -0.05) is 24.3 Å². The van der Waals surface area contributed by atoms with E-state index in [1.165, 1.54) is 6.07 Å². The van der Waals surface area contributed by atoms with Crippen LogP contribution in [0.25, 0.3) is 10.9 Å². The van der Waals surface area contributed by atoms with E-state index in [0.717, 1.165) is 55.3 Å². The maximum absolute atomic E-state index is 13.0. The molecule has 0 radical (unpaired) electrons. The van der Waals surface area contributed by atoms with Crippen LogP contribution in [0, 0.1) is 5.92 Å². The van der Waals surface area contributed by atoms with Crippen molar-refractivity contribution in [3.8, 4) is 0 Å². The van der Waals surface area contributed by atoms with E-state index in [9.17, 15) is 18.0 Å². The maximum Gasteiger partial charge on any atom is 0.416 e. The summed E-state index contributed by atoms with van der Waals surface area (Å²) in [6.07, 6.45) is 0.858. The zero-order chi connectivity index (χ0) is 20.6. The highest BCUT2D eigenvalue weighted by atomic mass is 19.4. The van der Waals surface area contributed by atoms with E-state index in [2.05, 4.69) is 11.2 Å². The lowest BCUT2D eigenvalue weighted by molar-refractivity contribution is -0.137. The number of benzene rings is 2. The zero-order valence-electron chi connectivity index (χ0n) is 15.8. The van der Waals surface area contributed by atoms with E-state index < -0.39 is 17.6 Å². The van der Waals surface area contributed by atoms with Crippen LogP contribution in [0.5, 0.6) is 0 Å². The molecule has 0 unspecified atom stereocenters. The average molecular weight is 401 g/mol. The highest BCUT2D eigenvalue weighted by molar-refractivity contribution is 5.94. The Kier molecular flexibility index (Phi) is 5.06. The van der Waals surface area contributed by atoms with Crippen molar-refractivity contribution in [2.45, 2.75) is 44.3 Å². The van der Waals surface area contributed by atoms with Crippen molar-refractivity contribution in [1.82, 2.24) is 9.78 Å². The molecule has 4 nitrogen and oxygen atoms in total. The monoisotopic (exact) mass is 401 g/mol. The van der Waals surface area contributed by atoms with Crippen LogP contribution < -0.4 is 5.73 Å². The van der Waals surface area contributed by atoms with Crippen molar-refractivity contribution in [3.05, 3.63) is 65.4 Å². The standard InChI is InChI=1S/C22H22F3N3O/c23-22(24,25)17-9-10-18(19(11-17)21(26)29)15-7-5-14(6-8-15)13-28-20-4-2-1-3-16(20)12-27-28/h1-4,9-12,14-15H,5-8,13H2,(H2,26,29). The number of aromatic nitrogens is 2. The third-order valence-electron chi connectivity index (χ3n) is 5.91. The Hall–Kier alpha value is -2.83. The number of halogens is 3. The quantitative estimate of drug-likeness (QED) is 0.659. The van der Waals surface area contributed by atoms with Crippen LogP contribution in [-0.2, 0) is 12.7 Å². The first kappa shape index (κ1) is 19.5. The fourth-order valence-electron chi connectivity index (χ4n) is 4.37. The molecule has 1 heterocycles. The number of fused-ring (bicyclic) bond motifs is 1. The zero-order valence-corrected chi connectivity index (χ0v) is 15.8. The molecule has 3 aromatic rings. The summed E-state index contributed by atoms with van der Waals surface area (Å²) in [6, 6.07) is 11.4. The third-order valence-corrected chi connectivity index (χ3v) is 5.91. The van der Waals surface area contributed by atoms with Gasteiger partial charge in [0, 0.05) is 17.5 Å². The molecule has 1 aliphatic rings. The van der Waals surface area contributed by atoms with Crippen molar-refractivity contribution in [3.63, 3.8) is 0 Å². The lowest BCUT2D eigenvalue weighted by atomic mass is 9.77. The van der Waals surface area contributed by atoms with Crippen molar-refractivity contribution in [2.75, 3.05) is 0 Å². The first-order chi connectivity index (χ1) is 13.8. The summed E-state index contributed by atoms with van der Waals surface area (Å²) in [4.78, 5) is 11.8. The number of hydrogen-bond donors (Lipinski definition) is 1. The summed E-state index contributed by atoms with van der Waals surface area (Å²) < 4.78 is 41.0. The van der Waals surface area contributed by atoms with E-state index in [0.29, 0.717) is 11.5 Å². The number of nitrogens with two attached hydrogens (primary N) is 1. The minimum Gasteiger partial charge on any atom is -0.366 e. The fraction of sp³-hybridized carbons (Fsp3) is 0.364. The van der Waals surface area contributed by atoms with Gasteiger partial charge >= 0.3 is 6.18 Å². The van der Waals surface area contributed by atoms with Gasteiger partial charge in [0.1, 0.15) is 0 Å². The average Bonchev–Trinajstić information content (AvgIpc) is 3.10. The third kappa shape index (κ3) is 3.99. The van der Waals surface area contributed by atoms with E-state index in [-0.39, 0.29) is 11.5 Å². The topological polar surface area (TPSA) is 60.9 Å². The normalized spacial score (nSPS) is 20.1. The second kappa shape index (κ2) is 7.54. The summed E-state index contributed by atoms with van der Waals surface area (Å²) >= 11 is 0. The molecule has 1 aromatic heterocycles. The van der Waals surface area contributed by atoms with E-state index in [1.54, 1.807) is 0 Å². The van der Waals surface area contributed by atoms with Crippen molar-refractivity contribution in [2.24, 2.45) is 11.7 Å². The highest BCUT2D eigenvalue weighted by Gasteiger charge is 2.33. The maximum atomic E-state index is 13.0. The minimum absolute atomic E-state index is 0.0126. The Balaban J connectivity index is 1.47. The minimum atomic E-state index is -4.49. The first-order valence-corrected chi connectivity index (χ1v) is 9.74. The van der Waals surface area contributed by atoms with Gasteiger partial charge in [0.05, 0.1) is 17.3 Å². The molecular weight excluding hydrogens is 379 g/mol. The molecular formula is C22H22F3N3O. The Morgan fingerprint density at radius 2 is 1.83 bits per heavy atom. The molecule has 152 valence electrons. The van der Waals surface area contributed by atoms with Crippen LogP contribution in [-0.4, -0.2) is 15.7 Å². The molecule has 29 heavy (non-hydrogen) atoms. The lowest BCUT2D eigenvalue weighted by Gasteiger charge is -2.30. The molecule has 0 aliphatic heterocycles. The van der Waals surface area contributed by atoms with Crippen molar-refractivity contribution in [1.29, 1.82) is 0 Å². The SMILES string of the molecule is NC(=O)c1cc(C(F)(F)F)ccc1C1CCC(Cn2ncc3ccccc32)CC1. The smallest absolute Gasteiger partial charge is 0.366 e. The predicted octanol–water partition coefficient (Wildman–Crippen LogP) is 5.13. The number of hydrogen-bond acceptors (Lipinski definition) is 2. The molecule has 1 saturated carbocycles. The molecule has 1 aliphatic carbocycles. The van der Waals surface area contributed by atoms with Crippen LogP contribution in [0.15, 0.2) is 48.7 Å². The summed E-state index contributed by atoms with van der Waals surface area (Å²) in [5.74, 6) is -0.317. The molecule has 7 heteroatoms. The second-order valence-corrected chi connectivity index (χ2v) is 7.77. The fourth-order valence-corrected chi connectivity index (χ4v) is 4.37. The Labute approximate surface area is 166 Å². The van der Waals surface area contributed by atoms with Gasteiger partial charge in [-0.2, -0.15) is 18.3 Å². The lowest BCUT2D eigenvalue weighted by Crippen LogP contribution is -2.22. The molecule has 0 saturated heterocycles. The molecule has 4 rings (SSSR count). The van der Waals surface area contributed by atoms with Gasteiger partial charge in [-0.05, 0) is 61.3 Å². The molecule has 0 spiro atoms. The number of carbonyl (C=O) groups is 1. The molecule has 2 N–H and O–H groups in total. The first-order valence-electron chi connectivity index (χ1n) is 9.74. The van der Waals surface area contributed by atoms with Crippen LogP contribution in [0.2, 0.25) is 0 Å². The molecule has 0 atom stereocenters. The van der Waals surface area contributed by atoms with E-state index in [1.807, 2.05) is 29.1 Å². The molecule has 2 aromatic carbocycles. The highest BCUT2D eigenvalue weighted by Crippen LogP contribution is 2.39. The van der Waals surface area contributed by atoms with Crippen molar-refractivity contribution >= 4 is 16.8 Å². The van der Waals surface area contributed by atoms with Gasteiger partial charge in [0.2, 0.25) is 5.91 Å². The van der Waals surface area contributed by atoms with Crippen LogP contribution in [0.4, 0.5) is 13.2 Å². The van der Waals surface area contributed by atoms with Gasteiger partial charge in [-0.25, -0.2) is 0 Å². The number of amides is 1. The molecule has 1 fully saturated rings. The Morgan fingerprint density at radius 1 is 1.10 bits per heavy atom. The van der Waals surface area contributed by atoms with Gasteiger partial charge in [-0.15, -0.1) is 0 Å². The summed E-state index contributed by atoms with van der Waals surface area (Å²) in [5, 5.41) is 5.59. The van der Waals surface area contributed by atoms with Crippen LogP contribution >= 0.6 is 0 Å². The van der Waals surface area contributed by atoms with E-state index >= 15 is 0 Å². The molecule has 0 bridgehead atoms. The number of para-hydroxylation sites is 1. The largest absolute Gasteiger partial charge is 0.416 e. The Morgan fingerprint density at radius 3 is 2.52 bits per heavy atom. The second-order valence-electron chi connectivity index (χ2n) is 7.77. The van der Waals surface area contributed by atoms with E-state index in [4.69, 9.17) is 5.73 Å². The Bertz CT molecular complexity index is 1030. The van der Waals surface area contributed by atoms with Crippen LogP contribution in [0.1, 0.15) is 53.1 Å². The number of alkyl halides is 3. The van der Waals surface area contributed by atoms with Gasteiger partial charge < -0.3 is 5.73 Å². The number of rotatable bonds is 4. The summed E-state index contributed by atoms with van der Waals surface area (Å²) in [6.45, 7) is 0.815. The number of carbonyl (C=O) groups excluding carboxylic acids is 1. The van der Waals surface area contributed by atoms with Crippen LogP contribution in [0.3, 0.4) is 0 Å². The van der Waals surface area contributed by atoms with Gasteiger partial charge in [0.15, 0.2) is 0 Å². The van der Waals surface area contributed by atoms with Gasteiger partial charge in [0.25, 0.3) is 0 Å². The summed E-state index contributed by atoms with van der Waals surface area (Å²) in [7, 11) is 0. The molecule has 1 amide bonds. The van der Waals surface area contributed by atoms with Gasteiger partial charge in [-0.3, -0.25) is 9.48 Å². The number of primary amides is 1. The number of nitrogens with zero attached hydrogens (tertiary/aromatic N) is 2. The predicted molar refractivity (Wildman–Crippen MR) is 104 cm³/mol. The summed E-state index contributed by atoms with van der Waals surface area (Å²) in [5.41, 5.74) is 6.27.